The van der Waals surface area contributed by atoms with Crippen LogP contribution < -0.4 is 24.4 Å². The van der Waals surface area contributed by atoms with Crippen molar-refractivity contribution in [3.05, 3.63) is 125 Å². The molecule has 0 aliphatic carbocycles. The molecule has 2 heterocycles. The molecule has 43 heavy (non-hydrogen) atoms. The van der Waals surface area contributed by atoms with Crippen molar-refractivity contribution in [2.45, 2.75) is 46.4 Å². The van der Waals surface area contributed by atoms with E-state index in [2.05, 4.69) is 20.9 Å². The van der Waals surface area contributed by atoms with Crippen LogP contribution in [0.2, 0.25) is 0 Å². The van der Waals surface area contributed by atoms with Crippen LogP contribution in [0.1, 0.15) is 50.4 Å². The van der Waals surface area contributed by atoms with E-state index in [9.17, 15) is 14.0 Å². The number of carbonyl (C=O) groups is 1. The van der Waals surface area contributed by atoms with Gasteiger partial charge in [0.2, 0.25) is 0 Å². The molecular formula is C33H30BrFN2O5S. The van der Waals surface area contributed by atoms with Crippen LogP contribution in [0.15, 0.2) is 92.3 Å². The molecule has 0 N–H and O–H groups in total. The van der Waals surface area contributed by atoms with Gasteiger partial charge in [0.25, 0.3) is 5.56 Å². The number of aromatic nitrogens is 1. The van der Waals surface area contributed by atoms with Gasteiger partial charge < -0.3 is 14.2 Å². The van der Waals surface area contributed by atoms with Crippen molar-refractivity contribution < 1.29 is 23.4 Å². The molecule has 0 amide bonds. The third-order valence-electron chi connectivity index (χ3n) is 6.65. The van der Waals surface area contributed by atoms with Gasteiger partial charge in [-0.05, 0) is 103 Å². The predicted molar refractivity (Wildman–Crippen MR) is 167 cm³/mol. The molecule has 4 aromatic rings. The summed E-state index contributed by atoms with van der Waals surface area (Å²) in [6, 6.07) is 18.3. The van der Waals surface area contributed by atoms with E-state index in [-0.39, 0.29) is 24.1 Å². The van der Waals surface area contributed by atoms with Gasteiger partial charge in [-0.25, -0.2) is 14.2 Å². The smallest absolute Gasteiger partial charge is 0.338 e. The Morgan fingerprint density at radius 1 is 1.09 bits per heavy atom. The van der Waals surface area contributed by atoms with Crippen LogP contribution in [-0.4, -0.2) is 23.2 Å². The van der Waals surface area contributed by atoms with Crippen LogP contribution in [-0.2, 0) is 16.1 Å². The monoisotopic (exact) mass is 664 g/mol. The van der Waals surface area contributed by atoms with Crippen LogP contribution in [0.5, 0.6) is 11.5 Å². The van der Waals surface area contributed by atoms with Gasteiger partial charge in [-0.15, -0.1) is 0 Å². The Morgan fingerprint density at radius 3 is 2.47 bits per heavy atom. The maximum absolute atomic E-state index is 13.9. The van der Waals surface area contributed by atoms with Gasteiger partial charge in [0.15, 0.2) is 4.80 Å². The Labute approximate surface area is 260 Å². The molecule has 7 nitrogen and oxygen atoms in total. The number of fused-ring (bicyclic) bond motifs is 1. The summed E-state index contributed by atoms with van der Waals surface area (Å²) in [5.41, 5.74) is 2.92. The van der Waals surface area contributed by atoms with E-state index in [1.54, 1.807) is 43.5 Å². The summed E-state index contributed by atoms with van der Waals surface area (Å²) >= 11 is 4.81. The predicted octanol–water partition coefficient (Wildman–Crippen LogP) is 6.07. The second-order valence-electron chi connectivity index (χ2n) is 10.1. The topological polar surface area (TPSA) is 79.1 Å². The molecule has 1 aliphatic rings. The molecule has 0 saturated carbocycles. The first-order valence-electron chi connectivity index (χ1n) is 13.8. The first-order valence-corrected chi connectivity index (χ1v) is 15.4. The lowest BCUT2D eigenvalue weighted by molar-refractivity contribution is -0.143. The number of nitrogens with zero attached hydrogens (tertiary/aromatic N) is 2. The molecular weight excluding hydrogens is 635 g/mol. The van der Waals surface area contributed by atoms with E-state index in [0.717, 1.165) is 16.7 Å². The van der Waals surface area contributed by atoms with Crippen molar-refractivity contribution in [1.82, 2.24) is 4.57 Å². The van der Waals surface area contributed by atoms with Gasteiger partial charge in [-0.3, -0.25) is 9.36 Å². The van der Waals surface area contributed by atoms with Gasteiger partial charge in [-0.2, -0.15) is 0 Å². The van der Waals surface area contributed by atoms with E-state index >= 15 is 0 Å². The normalized spacial score (nSPS) is 14.9. The fourth-order valence-corrected chi connectivity index (χ4v) is 6.26. The summed E-state index contributed by atoms with van der Waals surface area (Å²) in [4.78, 5) is 32.4. The van der Waals surface area contributed by atoms with Crippen LogP contribution in [0.4, 0.5) is 4.39 Å². The number of thiazole rings is 1. The van der Waals surface area contributed by atoms with Gasteiger partial charge in [-0.1, -0.05) is 41.7 Å². The fraction of sp³-hybridized carbons (Fsp3) is 0.242. The van der Waals surface area contributed by atoms with Crippen molar-refractivity contribution in [1.29, 1.82) is 0 Å². The number of allylic oxidation sites excluding steroid dienone is 1. The molecule has 0 radical (unpaired) electrons. The summed E-state index contributed by atoms with van der Waals surface area (Å²) in [7, 11) is 0. The van der Waals surface area contributed by atoms with E-state index in [4.69, 9.17) is 14.2 Å². The zero-order valence-electron chi connectivity index (χ0n) is 24.1. The Hall–Kier alpha value is -4.02. The lowest BCUT2D eigenvalue weighted by Crippen LogP contribution is -2.40. The summed E-state index contributed by atoms with van der Waals surface area (Å²) in [6.07, 6.45) is 1.46. The number of hydrogen-bond acceptors (Lipinski definition) is 7. The molecule has 0 saturated heterocycles. The quantitative estimate of drug-likeness (QED) is 0.203. The minimum absolute atomic E-state index is 0.266. The highest BCUT2D eigenvalue weighted by molar-refractivity contribution is 9.10. The van der Waals surface area contributed by atoms with Crippen molar-refractivity contribution in [2.24, 2.45) is 4.99 Å². The zero-order valence-corrected chi connectivity index (χ0v) is 26.5. The van der Waals surface area contributed by atoms with Gasteiger partial charge >= 0.3 is 5.97 Å². The SMILES string of the molecule is CCOc1ccc([C@H]2C(C(=O)OC(C)C)=C(C)N=c3s/c(=C/c4ccc(OCc5ccc(F)cc5)c(Br)c4)c(=O)n32)cc1. The molecule has 0 bridgehead atoms. The minimum Gasteiger partial charge on any atom is -0.494 e. The standard InChI is InChI=1S/C33H30BrFN2O5S/c1-5-40-25-13-9-23(10-14-25)30-29(32(39)42-19(2)3)20(4)36-33-37(30)31(38)28(43-33)17-22-8-15-27(26(34)16-22)41-18-21-6-11-24(35)12-7-21/h6-17,19,30H,5,18H2,1-4H3/b28-17+/t30-/m0/s1. The Morgan fingerprint density at radius 2 is 1.81 bits per heavy atom. The highest BCUT2D eigenvalue weighted by Crippen LogP contribution is 2.32. The Kier molecular flexibility index (Phi) is 9.27. The summed E-state index contributed by atoms with van der Waals surface area (Å²) in [6.45, 7) is 8.04. The number of ether oxygens (including phenoxy) is 3. The second kappa shape index (κ2) is 13.1. The summed E-state index contributed by atoms with van der Waals surface area (Å²) in [5, 5.41) is 0. The van der Waals surface area contributed by atoms with Gasteiger partial charge in [0.05, 0.1) is 39.0 Å². The zero-order chi connectivity index (χ0) is 30.7. The molecule has 1 aromatic heterocycles. The number of halogens is 2. The average Bonchev–Trinajstić information content (AvgIpc) is 3.27. The third kappa shape index (κ3) is 6.81. The molecule has 222 valence electrons. The molecule has 0 spiro atoms. The van der Waals surface area contributed by atoms with Crippen molar-refractivity contribution >= 4 is 39.3 Å². The largest absolute Gasteiger partial charge is 0.494 e. The van der Waals surface area contributed by atoms with Crippen LogP contribution in [0.3, 0.4) is 0 Å². The van der Waals surface area contributed by atoms with Crippen LogP contribution in [0.25, 0.3) is 6.08 Å². The maximum Gasteiger partial charge on any atom is 0.338 e. The number of rotatable bonds is 9. The van der Waals surface area contributed by atoms with E-state index in [1.807, 2.05) is 49.4 Å². The van der Waals surface area contributed by atoms with Gasteiger partial charge in [0, 0.05) is 0 Å². The lowest BCUT2D eigenvalue weighted by Gasteiger charge is -2.25. The number of hydrogen-bond donors (Lipinski definition) is 0. The molecule has 10 heteroatoms. The molecule has 1 aliphatic heterocycles. The summed E-state index contributed by atoms with van der Waals surface area (Å²) in [5.74, 6) is 0.500. The van der Waals surface area contributed by atoms with Crippen molar-refractivity contribution in [2.75, 3.05) is 6.61 Å². The van der Waals surface area contributed by atoms with Crippen molar-refractivity contribution in [3.8, 4) is 11.5 Å². The van der Waals surface area contributed by atoms with E-state index in [0.29, 0.717) is 43.2 Å². The maximum atomic E-state index is 13.9. The molecule has 5 rings (SSSR count). The lowest BCUT2D eigenvalue weighted by atomic mass is 9.96. The first kappa shape index (κ1) is 30.4. The second-order valence-corrected chi connectivity index (χ2v) is 12.0. The fourth-order valence-electron chi connectivity index (χ4n) is 4.71. The Bertz CT molecular complexity index is 1860. The van der Waals surface area contributed by atoms with Crippen LogP contribution in [0, 0.1) is 5.82 Å². The molecule has 0 fully saturated rings. The summed E-state index contributed by atoms with van der Waals surface area (Å²) < 4.78 is 33.0. The highest BCUT2D eigenvalue weighted by Gasteiger charge is 2.33. The van der Waals surface area contributed by atoms with E-state index in [1.165, 1.54) is 23.5 Å². The highest BCUT2D eigenvalue weighted by atomic mass is 79.9. The molecule has 3 aromatic carbocycles. The number of carbonyl (C=O) groups excluding carboxylic acids is 1. The van der Waals surface area contributed by atoms with E-state index < -0.39 is 12.0 Å². The third-order valence-corrected chi connectivity index (χ3v) is 8.26. The number of esters is 1. The minimum atomic E-state index is -0.714. The molecule has 1 atom stereocenters. The van der Waals surface area contributed by atoms with Crippen molar-refractivity contribution in [3.63, 3.8) is 0 Å². The van der Waals surface area contributed by atoms with Crippen LogP contribution >= 0.6 is 27.3 Å². The number of benzene rings is 3. The van der Waals surface area contributed by atoms with Gasteiger partial charge in [0.1, 0.15) is 23.9 Å². The first-order chi connectivity index (χ1) is 20.6. The Balaban J connectivity index is 1.51. The molecule has 0 unspecified atom stereocenters. The average molecular weight is 666 g/mol.